The standard InChI is InChI=1S/C15H15BrClN3O4S/c16-9-1-2-12(11(17)7-9)18-15(22)13-3-4-14(21)20(19-13)10-5-6-25(23,24)8-10/h1-2,7,10H,3-6,8H2,(H,18,22). The molecular weight excluding hydrogens is 434 g/mol. The molecular formula is C15H15BrClN3O4S. The van der Waals surface area contributed by atoms with E-state index in [0.717, 1.165) is 9.48 Å². The maximum atomic E-state index is 12.4. The molecule has 0 aliphatic carbocycles. The van der Waals surface area contributed by atoms with Crippen molar-refractivity contribution < 1.29 is 18.0 Å². The molecule has 0 spiro atoms. The summed E-state index contributed by atoms with van der Waals surface area (Å²) >= 11 is 9.37. The number of hydrazone groups is 1. The van der Waals surface area contributed by atoms with Gasteiger partial charge in [0.05, 0.1) is 28.3 Å². The topological polar surface area (TPSA) is 95.9 Å². The normalized spacial score (nSPS) is 22.6. The summed E-state index contributed by atoms with van der Waals surface area (Å²) in [4.78, 5) is 24.5. The van der Waals surface area contributed by atoms with Crippen molar-refractivity contribution in [2.24, 2.45) is 5.10 Å². The predicted octanol–water partition coefficient (Wildman–Crippen LogP) is 2.21. The first-order chi connectivity index (χ1) is 11.7. The second-order valence-electron chi connectivity index (χ2n) is 5.92. The van der Waals surface area contributed by atoms with Crippen molar-refractivity contribution >= 4 is 60.6 Å². The molecule has 2 heterocycles. The summed E-state index contributed by atoms with van der Waals surface area (Å²) in [5, 5.41) is 8.32. The van der Waals surface area contributed by atoms with Crippen molar-refractivity contribution in [3.63, 3.8) is 0 Å². The lowest BCUT2D eigenvalue weighted by molar-refractivity contribution is -0.133. The Balaban J connectivity index is 1.77. The molecule has 1 unspecified atom stereocenters. The summed E-state index contributed by atoms with van der Waals surface area (Å²) < 4.78 is 24.0. The molecule has 2 amide bonds. The largest absolute Gasteiger partial charge is 0.320 e. The smallest absolute Gasteiger partial charge is 0.271 e. The van der Waals surface area contributed by atoms with E-state index < -0.39 is 21.8 Å². The monoisotopic (exact) mass is 447 g/mol. The van der Waals surface area contributed by atoms with Crippen LogP contribution in [0.4, 0.5) is 5.69 Å². The fourth-order valence-corrected chi connectivity index (χ4v) is 5.19. The number of benzene rings is 1. The number of carbonyl (C=O) groups is 2. The van der Waals surface area contributed by atoms with E-state index in [9.17, 15) is 18.0 Å². The van der Waals surface area contributed by atoms with E-state index in [4.69, 9.17) is 11.6 Å². The molecule has 0 radical (unpaired) electrons. The van der Waals surface area contributed by atoms with Gasteiger partial charge in [0.15, 0.2) is 9.84 Å². The number of nitrogens with one attached hydrogen (secondary N) is 1. The Kier molecular flexibility index (Phi) is 5.17. The summed E-state index contributed by atoms with van der Waals surface area (Å²) in [6.07, 6.45) is 0.663. The molecule has 1 aromatic rings. The van der Waals surface area contributed by atoms with Gasteiger partial charge in [0.25, 0.3) is 5.91 Å². The van der Waals surface area contributed by atoms with Crippen LogP contribution in [0.15, 0.2) is 27.8 Å². The number of nitrogens with zero attached hydrogens (tertiary/aromatic N) is 2. The molecule has 1 atom stereocenters. The van der Waals surface area contributed by atoms with Gasteiger partial charge in [0, 0.05) is 17.3 Å². The van der Waals surface area contributed by atoms with Gasteiger partial charge in [-0.25, -0.2) is 13.4 Å². The molecule has 25 heavy (non-hydrogen) atoms. The van der Waals surface area contributed by atoms with Gasteiger partial charge in [0.1, 0.15) is 5.71 Å². The molecule has 10 heteroatoms. The maximum Gasteiger partial charge on any atom is 0.271 e. The fraction of sp³-hybridized carbons (Fsp3) is 0.400. The molecule has 2 aliphatic heterocycles. The van der Waals surface area contributed by atoms with Crippen LogP contribution in [0.2, 0.25) is 5.02 Å². The minimum absolute atomic E-state index is 0.0347. The first-order valence-electron chi connectivity index (χ1n) is 7.61. The minimum Gasteiger partial charge on any atom is -0.320 e. The number of carbonyl (C=O) groups excluding carboxylic acids is 2. The Labute approximate surface area is 158 Å². The molecule has 134 valence electrons. The van der Waals surface area contributed by atoms with E-state index in [1.807, 2.05) is 0 Å². The number of hydrogen-bond acceptors (Lipinski definition) is 5. The second kappa shape index (κ2) is 7.05. The highest BCUT2D eigenvalue weighted by molar-refractivity contribution is 9.10. The maximum absolute atomic E-state index is 12.4. The van der Waals surface area contributed by atoms with Crippen LogP contribution in [0.25, 0.3) is 0 Å². The van der Waals surface area contributed by atoms with Crippen LogP contribution < -0.4 is 5.32 Å². The third kappa shape index (κ3) is 4.21. The highest BCUT2D eigenvalue weighted by Crippen LogP contribution is 2.26. The Morgan fingerprint density at radius 3 is 2.76 bits per heavy atom. The number of rotatable bonds is 3. The minimum atomic E-state index is -3.15. The molecule has 7 nitrogen and oxygen atoms in total. The van der Waals surface area contributed by atoms with Crippen LogP contribution in [0, 0.1) is 0 Å². The number of hydrogen-bond donors (Lipinski definition) is 1. The number of halogens is 2. The molecule has 2 aliphatic rings. The molecule has 0 saturated carbocycles. The third-order valence-electron chi connectivity index (χ3n) is 4.06. The lowest BCUT2D eigenvalue weighted by Gasteiger charge is -2.27. The van der Waals surface area contributed by atoms with E-state index in [-0.39, 0.29) is 36.0 Å². The van der Waals surface area contributed by atoms with Crippen LogP contribution in [-0.2, 0) is 19.4 Å². The predicted molar refractivity (Wildman–Crippen MR) is 98.4 cm³/mol. The first-order valence-corrected chi connectivity index (χ1v) is 10.6. The highest BCUT2D eigenvalue weighted by Gasteiger charge is 2.37. The van der Waals surface area contributed by atoms with Crippen LogP contribution in [0.3, 0.4) is 0 Å². The van der Waals surface area contributed by atoms with Gasteiger partial charge in [0.2, 0.25) is 5.91 Å². The Hall–Kier alpha value is -1.45. The number of sulfone groups is 1. The van der Waals surface area contributed by atoms with E-state index >= 15 is 0 Å². The zero-order valence-corrected chi connectivity index (χ0v) is 16.2. The van der Waals surface area contributed by atoms with Gasteiger partial charge in [-0.15, -0.1) is 0 Å². The quantitative estimate of drug-likeness (QED) is 0.767. The summed E-state index contributed by atoms with van der Waals surface area (Å²) in [6, 6.07) is 4.54. The number of anilines is 1. The van der Waals surface area contributed by atoms with Gasteiger partial charge in [-0.1, -0.05) is 27.5 Å². The zero-order chi connectivity index (χ0) is 18.2. The number of amides is 2. The van der Waals surface area contributed by atoms with Crippen LogP contribution in [0.1, 0.15) is 19.3 Å². The lowest BCUT2D eigenvalue weighted by Crippen LogP contribution is -2.42. The Bertz CT molecular complexity index is 872. The van der Waals surface area contributed by atoms with E-state index in [1.165, 1.54) is 0 Å². The van der Waals surface area contributed by atoms with Crippen LogP contribution >= 0.6 is 27.5 Å². The summed E-state index contributed by atoms with van der Waals surface area (Å²) in [5.74, 6) is -0.800. The molecule has 1 aromatic carbocycles. The van der Waals surface area contributed by atoms with Crippen molar-refractivity contribution in [3.8, 4) is 0 Å². The van der Waals surface area contributed by atoms with Gasteiger partial charge >= 0.3 is 0 Å². The molecule has 3 rings (SSSR count). The molecule has 1 saturated heterocycles. The summed E-state index contributed by atoms with van der Waals surface area (Å²) in [7, 11) is -3.15. The van der Waals surface area contributed by atoms with Gasteiger partial charge < -0.3 is 5.32 Å². The average molecular weight is 449 g/mol. The zero-order valence-electron chi connectivity index (χ0n) is 13.0. The second-order valence-corrected chi connectivity index (χ2v) is 9.47. The molecule has 0 bridgehead atoms. The Morgan fingerprint density at radius 1 is 1.36 bits per heavy atom. The van der Waals surface area contributed by atoms with Gasteiger partial charge in [-0.3, -0.25) is 9.59 Å². The molecule has 0 aromatic heterocycles. The molecule has 1 fully saturated rings. The van der Waals surface area contributed by atoms with Crippen molar-refractivity contribution in [2.75, 3.05) is 16.8 Å². The van der Waals surface area contributed by atoms with Crippen LogP contribution in [0.5, 0.6) is 0 Å². The van der Waals surface area contributed by atoms with Crippen molar-refractivity contribution in [1.82, 2.24) is 5.01 Å². The van der Waals surface area contributed by atoms with Crippen molar-refractivity contribution in [3.05, 3.63) is 27.7 Å². The Morgan fingerprint density at radius 2 is 2.12 bits per heavy atom. The summed E-state index contributed by atoms with van der Waals surface area (Å²) in [6.45, 7) is 0. The van der Waals surface area contributed by atoms with Crippen LogP contribution in [-0.4, -0.2) is 48.5 Å². The van der Waals surface area contributed by atoms with Gasteiger partial charge in [-0.05, 0) is 24.6 Å². The highest BCUT2D eigenvalue weighted by atomic mass is 79.9. The van der Waals surface area contributed by atoms with E-state index in [1.54, 1.807) is 18.2 Å². The van der Waals surface area contributed by atoms with E-state index in [0.29, 0.717) is 17.1 Å². The third-order valence-corrected chi connectivity index (χ3v) is 6.61. The fourth-order valence-electron chi connectivity index (χ4n) is 2.77. The van der Waals surface area contributed by atoms with Crippen molar-refractivity contribution in [1.29, 1.82) is 0 Å². The first kappa shape index (κ1) is 18.3. The summed E-state index contributed by atoms with van der Waals surface area (Å²) in [5.41, 5.74) is 0.618. The van der Waals surface area contributed by atoms with E-state index in [2.05, 4.69) is 26.3 Å². The average Bonchev–Trinajstić information content (AvgIpc) is 2.90. The van der Waals surface area contributed by atoms with Crippen molar-refractivity contribution in [2.45, 2.75) is 25.3 Å². The van der Waals surface area contributed by atoms with Gasteiger partial charge in [-0.2, -0.15) is 5.10 Å². The molecule has 1 N–H and O–H groups in total. The SMILES string of the molecule is O=C(Nc1ccc(Br)cc1Cl)C1=NN(C2CCS(=O)(=O)C2)C(=O)CC1. The lowest BCUT2D eigenvalue weighted by atomic mass is 10.1.